The number of hydrogen-bond donors (Lipinski definition) is 1. The quantitative estimate of drug-likeness (QED) is 0.864. The molecule has 0 saturated heterocycles. The number of ether oxygens (including phenoxy) is 2. The van der Waals surface area contributed by atoms with Crippen LogP contribution >= 0.6 is 0 Å². The Hall–Kier alpha value is -2.82. The van der Waals surface area contributed by atoms with Gasteiger partial charge in [0.2, 0.25) is 0 Å². The highest BCUT2D eigenvalue weighted by molar-refractivity contribution is 5.92. The summed E-state index contributed by atoms with van der Waals surface area (Å²) in [7, 11) is 1.54. The average Bonchev–Trinajstić information content (AvgIpc) is 2.57. The van der Waals surface area contributed by atoms with Crippen molar-refractivity contribution in [2.75, 3.05) is 19.0 Å². The van der Waals surface area contributed by atoms with E-state index in [9.17, 15) is 9.18 Å². The van der Waals surface area contributed by atoms with E-state index in [2.05, 4.69) is 5.32 Å². The van der Waals surface area contributed by atoms with Crippen LogP contribution in [0.25, 0.3) is 6.08 Å². The van der Waals surface area contributed by atoms with E-state index >= 15 is 0 Å². The molecule has 0 spiro atoms. The van der Waals surface area contributed by atoms with Crippen LogP contribution in [0.4, 0.5) is 10.1 Å². The molecule has 0 aliphatic carbocycles. The Morgan fingerprint density at radius 2 is 2.00 bits per heavy atom. The van der Waals surface area contributed by atoms with Crippen molar-refractivity contribution in [1.29, 1.82) is 0 Å². The van der Waals surface area contributed by atoms with E-state index in [0.717, 1.165) is 11.1 Å². The van der Waals surface area contributed by atoms with Crippen molar-refractivity contribution < 1.29 is 18.7 Å². The minimum atomic E-state index is -0.405. The number of hydrogen-bond acceptors (Lipinski definition) is 3. The maximum atomic E-state index is 13.2. The number of benzene rings is 2. The van der Waals surface area contributed by atoms with E-state index in [1.165, 1.54) is 19.2 Å². The lowest BCUT2D eigenvalue weighted by molar-refractivity contribution is -0.118. The first-order valence-corrected chi connectivity index (χ1v) is 7.53. The van der Waals surface area contributed by atoms with Gasteiger partial charge in [0.05, 0.1) is 7.11 Å². The average molecular weight is 329 g/mol. The zero-order valence-corrected chi connectivity index (χ0v) is 13.9. The van der Waals surface area contributed by atoms with Gasteiger partial charge < -0.3 is 14.8 Å². The summed E-state index contributed by atoms with van der Waals surface area (Å²) < 4.78 is 24.0. The Morgan fingerprint density at radius 3 is 2.71 bits per heavy atom. The number of carbonyl (C=O) groups excluding carboxylic acids is 1. The Morgan fingerprint density at radius 1 is 1.21 bits per heavy atom. The van der Waals surface area contributed by atoms with Crippen LogP contribution in [0.1, 0.15) is 18.1 Å². The highest BCUT2D eigenvalue weighted by atomic mass is 19.1. The van der Waals surface area contributed by atoms with Crippen molar-refractivity contribution in [2.45, 2.75) is 13.8 Å². The third kappa shape index (κ3) is 4.59. The van der Waals surface area contributed by atoms with Crippen LogP contribution < -0.4 is 14.8 Å². The Labute approximate surface area is 140 Å². The first-order chi connectivity index (χ1) is 11.5. The van der Waals surface area contributed by atoms with Crippen LogP contribution in [-0.4, -0.2) is 19.6 Å². The largest absolute Gasteiger partial charge is 0.493 e. The molecule has 0 radical (unpaired) electrons. The summed E-state index contributed by atoms with van der Waals surface area (Å²) in [6, 6.07) is 9.67. The Balaban J connectivity index is 2.02. The first-order valence-electron chi connectivity index (χ1n) is 7.53. The van der Waals surface area contributed by atoms with Crippen molar-refractivity contribution in [3.05, 3.63) is 59.4 Å². The van der Waals surface area contributed by atoms with Crippen LogP contribution in [0.2, 0.25) is 0 Å². The summed E-state index contributed by atoms with van der Waals surface area (Å²) in [6.45, 7) is 3.52. The third-order valence-corrected chi connectivity index (χ3v) is 3.38. The number of aryl methyl sites for hydroxylation is 1. The molecule has 0 bridgehead atoms. The number of methoxy groups -OCH3 is 1. The third-order valence-electron chi connectivity index (χ3n) is 3.38. The van der Waals surface area contributed by atoms with E-state index in [1.807, 2.05) is 31.2 Å². The van der Waals surface area contributed by atoms with Gasteiger partial charge in [0, 0.05) is 5.69 Å². The monoisotopic (exact) mass is 329 g/mol. The lowest BCUT2D eigenvalue weighted by atomic mass is 10.2. The van der Waals surface area contributed by atoms with Crippen molar-refractivity contribution in [3.8, 4) is 11.5 Å². The number of nitrogens with one attached hydrogen (secondary N) is 1. The van der Waals surface area contributed by atoms with Crippen LogP contribution in [0.5, 0.6) is 11.5 Å². The second-order valence-electron chi connectivity index (χ2n) is 5.21. The maximum absolute atomic E-state index is 13.2. The maximum Gasteiger partial charge on any atom is 0.262 e. The summed E-state index contributed by atoms with van der Waals surface area (Å²) in [5, 5.41) is 2.63. The molecule has 2 aromatic carbocycles. The molecule has 0 aliphatic rings. The molecule has 24 heavy (non-hydrogen) atoms. The van der Waals surface area contributed by atoms with Crippen LogP contribution in [0.3, 0.4) is 0 Å². The van der Waals surface area contributed by atoms with Gasteiger partial charge >= 0.3 is 0 Å². The molecular formula is C19H20FNO3. The van der Waals surface area contributed by atoms with Crippen molar-refractivity contribution in [1.82, 2.24) is 0 Å². The van der Waals surface area contributed by atoms with Gasteiger partial charge in [-0.1, -0.05) is 24.3 Å². The van der Waals surface area contributed by atoms with Gasteiger partial charge in [-0.25, -0.2) is 4.39 Å². The van der Waals surface area contributed by atoms with Crippen LogP contribution in [0.15, 0.2) is 42.5 Å². The minimum absolute atomic E-state index is 0.199. The molecule has 1 N–H and O–H groups in total. The highest BCUT2D eigenvalue weighted by Crippen LogP contribution is 2.28. The lowest BCUT2D eigenvalue weighted by Crippen LogP contribution is -2.21. The summed E-state index contributed by atoms with van der Waals surface area (Å²) >= 11 is 0. The fraction of sp³-hybridized carbons (Fsp3) is 0.211. The van der Waals surface area contributed by atoms with Crippen molar-refractivity contribution in [3.63, 3.8) is 0 Å². The molecule has 0 heterocycles. The molecule has 5 heteroatoms. The SMILES string of the molecule is CC=Cc1ccc(OCC(=O)Nc2cc(F)ccc2C)c(OC)c1. The molecule has 1 amide bonds. The van der Waals surface area contributed by atoms with Crippen LogP contribution in [0, 0.1) is 12.7 Å². The predicted molar refractivity (Wildman–Crippen MR) is 93.0 cm³/mol. The van der Waals surface area contributed by atoms with Gasteiger partial charge in [0.1, 0.15) is 5.82 Å². The van der Waals surface area contributed by atoms with Crippen molar-refractivity contribution in [2.24, 2.45) is 0 Å². The summed E-state index contributed by atoms with van der Waals surface area (Å²) in [5.41, 5.74) is 2.18. The van der Waals surface area contributed by atoms with Gasteiger partial charge in [0.25, 0.3) is 5.91 Å². The molecule has 2 rings (SSSR count). The summed E-state index contributed by atoms with van der Waals surface area (Å²) in [4.78, 5) is 12.0. The van der Waals surface area contributed by atoms with Gasteiger partial charge in [-0.2, -0.15) is 0 Å². The van der Waals surface area contributed by atoms with E-state index in [0.29, 0.717) is 17.2 Å². The van der Waals surface area contributed by atoms with Crippen molar-refractivity contribution >= 4 is 17.7 Å². The molecular weight excluding hydrogens is 309 g/mol. The fourth-order valence-electron chi connectivity index (χ4n) is 2.16. The molecule has 0 aromatic heterocycles. The normalized spacial score (nSPS) is 10.7. The molecule has 4 nitrogen and oxygen atoms in total. The zero-order chi connectivity index (χ0) is 17.5. The second kappa shape index (κ2) is 8.15. The smallest absolute Gasteiger partial charge is 0.262 e. The molecule has 0 aliphatic heterocycles. The molecule has 126 valence electrons. The molecule has 0 saturated carbocycles. The standard InChI is InChI=1S/C19H20FNO3/c1-4-5-14-7-9-17(18(10-14)23-3)24-12-19(22)21-16-11-15(20)8-6-13(16)2/h4-11H,12H2,1-3H3,(H,21,22). The topological polar surface area (TPSA) is 47.6 Å². The van der Waals surface area contributed by atoms with Crippen LogP contribution in [-0.2, 0) is 4.79 Å². The summed E-state index contributed by atoms with van der Waals surface area (Å²) in [6.07, 6.45) is 3.86. The molecule has 0 fully saturated rings. The number of allylic oxidation sites excluding steroid dienone is 1. The minimum Gasteiger partial charge on any atom is -0.493 e. The van der Waals surface area contributed by atoms with E-state index in [-0.39, 0.29) is 12.5 Å². The number of anilines is 1. The number of rotatable bonds is 6. The van der Waals surface area contributed by atoms with Gasteiger partial charge in [-0.15, -0.1) is 0 Å². The van der Waals surface area contributed by atoms with E-state index < -0.39 is 5.82 Å². The van der Waals surface area contributed by atoms with Gasteiger partial charge in [0.15, 0.2) is 18.1 Å². The Kier molecular flexibility index (Phi) is 5.95. The second-order valence-corrected chi connectivity index (χ2v) is 5.21. The van der Waals surface area contributed by atoms with E-state index in [1.54, 1.807) is 19.1 Å². The lowest BCUT2D eigenvalue weighted by Gasteiger charge is -2.12. The fourth-order valence-corrected chi connectivity index (χ4v) is 2.16. The van der Waals surface area contributed by atoms with E-state index in [4.69, 9.17) is 9.47 Å². The first kappa shape index (κ1) is 17.5. The molecule has 0 unspecified atom stereocenters. The van der Waals surface area contributed by atoms with Gasteiger partial charge in [-0.3, -0.25) is 4.79 Å². The number of amides is 1. The molecule has 2 aromatic rings. The molecule has 0 atom stereocenters. The highest BCUT2D eigenvalue weighted by Gasteiger charge is 2.10. The number of halogens is 1. The Bertz CT molecular complexity index is 756. The van der Waals surface area contributed by atoms with Gasteiger partial charge in [-0.05, 0) is 49.2 Å². The predicted octanol–water partition coefficient (Wildman–Crippen LogP) is 4.19. The number of carbonyl (C=O) groups is 1. The zero-order valence-electron chi connectivity index (χ0n) is 13.9. The summed E-state index contributed by atoms with van der Waals surface area (Å²) in [5.74, 6) is 0.235.